The lowest BCUT2D eigenvalue weighted by atomic mass is 10.1. The van der Waals surface area contributed by atoms with E-state index in [4.69, 9.17) is 4.18 Å². The summed E-state index contributed by atoms with van der Waals surface area (Å²) in [6.07, 6.45) is -0.325. The van der Waals surface area contributed by atoms with Crippen molar-refractivity contribution in [3.05, 3.63) is 28.7 Å². The number of benzene rings is 1. The highest BCUT2D eigenvalue weighted by Gasteiger charge is 2.20. The normalized spacial score (nSPS) is 14.1. The summed E-state index contributed by atoms with van der Waals surface area (Å²) < 4.78 is 29.6. The standard InChI is InChI=1S/C11H15BrO3S/c1-8(2)9(3)15-16(13,14)11-6-4-10(12)5-7-11/h4-9H,1-3H3/t9-/m0/s1. The molecule has 16 heavy (non-hydrogen) atoms. The van der Waals surface area contributed by atoms with Gasteiger partial charge in [-0.25, -0.2) is 0 Å². The first kappa shape index (κ1) is 13.7. The van der Waals surface area contributed by atoms with Gasteiger partial charge < -0.3 is 0 Å². The van der Waals surface area contributed by atoms with Crippen molar-refractivity contribution >= 4 is 26.0 Å². The van der Waals surface area contributed by atoms with Crippen molar-refractivity contribution in [2.75, 3.05) is 0 Å². The first-order valence-electron chi connectivity index (χ1n) is 5.02. The minimum absolute atomic E-state index is 0.158. The van der Waals surface area contributed by atoms with Gasteiger partial charge in [0.25, 0.3) is 10.1 Å². The van der Waals surface area contributed by atoms with Crippen molar-refractivity contribution in [1.82, 2.24) is 0 Å². The molecule has 0 heterocycles. The Morgan fingerprint density at radius 1 is 1.12 bits per heavy atom. The molecule has 90 valence electrons. The van der Waals surface area contributed by atoms with E-state index in [1.807, 2.05) is 13.8 Å². The molecule has 0 amide bonds. The third-order valence-electron chi connectivity index (χ3n) is 2.32. The van der Waals surface area contributed by atoms with E-state index in [9.17, 15) is 8.42 Å². The molecule has 1 aromatic carbocycles. The average molecular weight is 307 g/mol. The van der Waals surface area contributed by atoms with E-state index in [1.165, 1.54) is 12.1 Å². The fraction of sp³-hybridized carbons (Fsp3) is 0.455. The molecular formula is C11H15BrO3S. The van der Waals surface area contributed by atoms with Gasteiger partial charge in [-0.15, -0.1) is 0 Å². The second-order valence-corrected chi connectivity index (χ2v) is 6.44. The molecule has 0 aromatic heterocycles. The lowest BCUT2D eigenvalue weighted by molar-refractivity contribution is 0.178. The Morgan fingerprint density at radius 2 is 1.62 bits per heavy atom. The molecule has 0 saturated heterocycles. The van der Waals surface area contributed by atoms with E-state index >= 15 is 0 Å². The molecular weight excluding hydrogens is 292 g/mol. The van der Waals surface area contributed by atoms with Gasteiger partial charge >= 0.3 is 0 Å². The van der Waals surface area contributed by atoms with Crippen molar-refractivity contribution in [3.63, 3.8) is 0 Å². The minimum Gasteiger partial charge on any atom is -0.263 e. The van der Waals surface area contributed by atoms with Crippen LogP contribution in [0.5, 0.6) is 0 Å². The van der Waals surface area contributed by atoms with Crippen LogP contribution in [0.25, 0.3) is 0 Å². The Hall–Kier alpha value is -0.390. The lowest BCUT2D eigenvalue weighted by Crippen LogP contribution is -2.20. The van der Waals surface area contributed by atoms with E-state index in [0.717, 1.165) is 4.47 Å². The van der Waals surface area contributed by atoms with Gasteiger partial charge in [-0.2, -0.15) is 8.42 Å². The van der Waals surface area contributed by atoms with Gasteiger partial charge in [-0.1, -0.05) is 29.8 Å². The molecule has 0 saturated carbocycles. The summed E-state index contributed by atoms with van der Waals surface area (Å²) in [5, 5.41) is 0. The van der Waals surface area contributed by atoms with Crippen LogP contribution < -0.4 is 0 Å². The Bertz CT molecular complexity index is 437. The van der Waals surface area contributed by atoms with Gasteiger partial charge in [0.15, 0.2) is 0 Å². The van der Waals surface area contributed by atoms with Gasteiger partial charge in [0, 0.05) is 4.47 Å². The Labute approximate surface area is 105 Å². The molecule has 1 atom stereocenters. The van der Waals surface area contributed by atoms with Crippen LogP contribution >= 0.6 is 15.9 Å². The highest BCUT2D eigenvalue weighted by atomic mass is 79.9. The van der Waals surface area contributed by atoms with Gasteiger partial charge in [0.05, 0.1) is 11.0 Å². The zero-order chi connectivity index (χ0) is 12.3. The molecule has 0 N–H and O–H groups in total. The summed E-state index contributed by atoms with van der Waals surface area (Å²) in [5.74, 6) is 0.158. The maximum Gasteiger partial charge on any atom is 0.297 e. The number of hydrogen-bond donors (Lipinski definition) is 0. The van der Waals surface area contributed by atoms with Crippen molar-refractivity contribution in [2.45, 2.75) is 31.8 Å². The van der Waals surface area contributed by atoms with E-state index in [2.05, 4.69) is 15.9 Å². The van der Waals surface area contributed by atoms with Crippen molar-refractivity contribution in [2.24, 2.45) is 5.92 Å². The van der Waals surface area contributed by atoms with E-state index in [-0.39, 0.29) is 16.9 Å². The second kappa shape index (κ2) is 5.29. The van der Waals surface area contributed by atoms with Crippen LogP contribution in [0, 0.1) is 5.92 Å². The number of halogens is 1. The molecule has 5 heteroatoms. The predicted molar refractivity (Wildman–Crippen MR) is 66.7 cm³/mol. The lowest BCUT2D eigenvalue weighted by Gasteiger charge is -2.16. The monoisotopic (exact) mass is 306 g/mol. The fourth-order valence-electron chi connectivity index (χ4n) is 0.968. The van der Waals surface area contributed by atoms with Crippen LogP contribution in [0.15, 0.2) is 33.6 Å². The van der Waals surface area contributed by atoms with Crippen molar-refractivity contribution < 1.29 is 12.6 Å². The van der Waals surface area contributed by atoms with Crippen LogP contribution in [-0.4, -0.2) is 14.5 Å². The van der Waals surface area contributed by atoms with E-state index < -0.39 is 10.1 Å². The van der Waals surface area contributed by atoms with Gasteiger partial charge in [0.1, 0.15) is 0 Å². The Morgan fingerprint density at radius 3 is 2.06 bits per heavy atom. The third kappa shape index (κ3) is 3.57. The average Bonchev–Trinajstić information content (AvgIpc) is 2.17. The fourth-order valence-corrected chi connectivity index (χ4v) is 2.43. The third-order valence-corrected chi connectivity index (χ3v) is 4.25. The molecule has 1 aromatic rings. The zero-order valence-electron chi connectivity index (χ0n) is 9.48. The van der Waals surface area contributed by atoms with Crippen LogP contribution in [0.1, 0.15) is 20.8 Å². The van der Waals surface area contributed by atoms with Crippen molar-refractivity contribution in [1.29, 1.82) is 0 Å². The molecule has 0 aliphatic carbocycles. The van der Waals surface area contributed by atoms with Crippen molar-refractivity contribution in [3.8, 4) is 0 Å². The molecule has 0 radical (unpaired) electrons. The molecule has 0 bridgehead atoms. The van der Waals surface area contributed by atoms with Crippen LogP contribution in [-0.2, 0) is 14.3 Å². The summed E-state index contributed by atoms with van der Waals surface area (Å²) in [7, 11) is -3.64. The van der Waals surface area contributed by atoms with E-state index in [0.29, 0.717) is 0 Å². The summed E-state index contributed by atoms with van der Waals surface area (Å²) in [5.41, 5.74) is 0. The van der Waals surface area contributed by atoms with Crippen LogP contribution in [0.3, 0.4) is 0 Å². The number of hydrogen-bond acceptors (Lipinski definition) is 3. The minimum atomic E-state index is -3.64. The number of rotatable bonds is 4. The summed E-state index contributed by atoms with van der Waals surface area (Å²) in [4.78, 5) is 0.184. The Balaban J connectivity index is 2.90. The molecule has 0 unspecified atom stereocenters. The summed E-state index contributed by atoms with van der Waals surface area (Å²) in [6, 6.07) is 6.39. The zero-order valence-corrected chi connectivity index (χ0v) is 11.9. The first-order valence-corrected chi connectivity index (χ1v) is 7.22. The van der Waals surface area contributed by atoms with Crippen LogP contribution in [0.2, 0.25) is 0 Å². The molecule has 0 aliphatic rings. The SMILES string of the molecule is CC(C)[C@H](C)OS(=O)(=O)c1ccc(Br)cc1. The largest absolute Gasteiger partial charge is 0.297 e. The maximum absolute atomic E-state index is 11.8. The smallest absolute Gasteiger partial charge is 0.263 e. The summed E-state index contributed by atoms with van der Waals surface area (Å²) in [6.45, 7) is 5.59. The van der Waals surface area contributed by atoms with Gasteiger partial charge in [-0.3, -0.25) is 4.18 Å². The second-order valence-electron chi connectivity index (χ2n) is 3.95. The van der Waals surface area contributed by atoms with Gasteiger partial charge in [0.2, 0.25) is 0 Å². The topological polar surface area (TPSA) is 43.4 Å². The quantitative estimate of drug-likeness (QED) is 0.802. The van der Waals surface area contributed by atoms with Crippen LogP contribution in [0.4, 0.5) is 0 Å². The van der Waals surface area contributed by atoms with Gasteiger partial charge in [-0.05, 0) is 37.1 Å². The molecule has 0 aliphatic heterocycles. The van der Waals surface area contributed by atoms with E-state index in [1.54, 1.807) is 19.1 Å². The highest BCUT2D eigenvalue weighted by molar-refractivity contribution is 9.10. The molecule has 3 nitrogen and oxygen atoms in total. The molecule has 1 rings (SSSR count). The Kier molecular flexibility index (Phi) is 4.52. The summed E-state index contributed by atoms with van der Waals surface area (Å²) >= 11 is 3.25. The molecule has 0 spiro atoms. The highest BCUT2D eigenvalue weighted by Crippen LogP contribution is 2.19. The maximum atomic E-state index is 11.8. The predicted octanol–water partition coefficient (Wildman–Crippen LogP) is 3.20. The first-order chi connectivity index (χ1) is 7.33. The molecule has 0 fully saturated rings.